The van der Waals surface area contributed by atoms with Gasteiger partial charge in [-0.25, -0.2) is 0 Å². The van der Waals surface area contributed by atoms with Gasteiger partial charge in [-0.3, -0.25) is 0 Å². The van der Waals surface area contributed by atoms with E-state index in [-0.39, 0.29) is 10.8 Å². The summed E-state index contributed by atoms with van der Waals surface area (Å²) in [4.78, 5) is 0. The maximum absolute atomic E-state index is 2.44. The van der Waals surface area contributed by atoms with Crippen LogP contribution in [0, 0.1) is 0 Å². The minimum Gasteiger partial charge on any atom is -0.339 e. The van der Waals surface area contributed by atoms with Crippen LogP contribution in [-0.2, 0) is 30.1 Å². The molecule has 0 saturated heterocycles. The van der Waals surface area contributed by atoms with Crippen molar-refractivity contribution in [3.63, 3.8) is 0 Å². The van der Waals surface area contributed by atoms with E-state index in [4.69, 9.17) is 0 Å². The van der Waals surface area contributed by atoms with Gasteiger partial charge in [0.25, 0.3) is 0 Å². The zero-order valence-electron chi connectivity index (χ0n) is 26.8. The van der Waals surface area contributed by atoms with Gasteiger partial charge in [0, 0.05) is 11.1 Å². The Morgan fingerprint density at radius 2 is 0.814 bits per heavy atom. The molecule has 0 bridgehead atoms. The third kappa shape index (κ3) is 7.35. The number of benzene rings is 5. The van der Waals surface area contributed by atoms with Crippen molar-refractivity contribution >= 4 is 23.2 Å². The van der Waals surface area contributed by atoms with E-state index in [0.717, 1.165) is 19.3 Å². The Bertz CT molecular complexity index is 1460. The summed E-state index contributed by atoms with van der Waals surface area (Å²) >= 11 is 0. The molecule has 0 saturated carbocycles. The smallest absolute Gasteiger partial charge is 0.116 e. The first-order valence-electron chi connectivity index (χ1n) is 15.6. The number of rotatable bonds is 9. The van der Waals surface area contributed by atoms with Crippen molar-refractivity contribution < 1.29 is 5.32 Å². The van der Waals surface area contributed by atoms with Crippen molar-refractivity contribution in [1.82, 2.24) is 0 Å². The highest BCUT2D eigenvalue weighted by Crippen LogP contribution is 2.58. The molecule has 0 heterocycles. The summed E-state index contributed by atoms with van der Waals surface area (Å²) in [6.07, 6.45) is 1.00. The molecule has 5 aromatic carbocycles. The maximum atomic E-state index is 2.44. The minimum atomic E-state index is -1.90. The van der Waals surface area contributed by atoms with Crippen molar-refractivity contribution in [2.24, 2.45) is 0 Å². The Hall–Kier alpha value is -3.51. The molecule has 1 nitrogen and oxygen atoms in total. The van der Waals surface area contributed by atoms with E-state index in [1.807, 2.05) is 0 Å². The molecule has 5 rings (SSSR count). The summed E-state index contributed by atoms with van der Waals surface area (Å²) in [5.74, 6) is 0. The van der Waals surface area contributed by atoms with Gasteiger partial charge in [-0.05, 0) is 76.1 Å². The van der Waals surface area contributed by atoms with Crippen molar-refractivity contribution in [1.29, 1.82) is 0 Å². The fourth-order valence-corrected chi connectivity index (χ4v) is 10.1. The van der Waals surface area contributed by atoms with Crippen LogP contribution in [-0.4, -0.2) is 0 Å². The summed E-state index contributed by atoms with van der Waals surface area (Å²) in [7, 11) is -1.90. The second-order valence-corrected chi connectivity index (χ2v) is 17.4. The molecule has 2 N–H and O–H groups in total. The van der Waals surface area contributed by atoms with Gasteiger partial charge in [0.05, 0.1) is 6.16 Å². The highest BCUT2D eigenvalue weighted by atomic mass is 31.2. The predicted molar refractivity (Wildman–Crippen MR) is 188 cm³/mol. The highest BCUT2D eigenvalue weighted by Gasteiger charge is 2.45. The normalized spacial score (nSPS) is 12.3. The molecule has 2 heteroatoms. The van der Waals surface area contributed by atoms with Crippen molar-refractivity contribution in [3.05, 3.63) is 161 Å². The Labute approximate surface area is 260 Å². The summed E-state index contributed by atoms with van der Waals surface area (Å²) < 4.78 is 0. The standard InChI is InChI=1S/C41H47NP/c1-40(2,3)35-26-34(27-36(28-35)41(4,5)6)30-42-29-32-22-24-33(25-23-32)31-43(37-16-10-7-11-17-37,38-18-12-8-13-19-38)39-20-14-9-15-21-39/h7-28,42H,29-31H2,1-6H3/q+1/p+1. The van der Waals surface area contributed by atoms with E-state index in [1.54, 1.807) is 0 Å². The van der Waals surface area contributed by atoms with E-state index in [9.17, 15) is 0 Å². The lowest BCUT2D eigenvalue weighted by molar-refractivity contribution is -0.686. The molecule has 0 aliphatic carbocycles. The molecule has 0 radical (unpaired) electrons. The fraction of sp³-hybridized carbons (Fsp3) is 0.268. The van der Waals surface area contributed by atoms with Gasteiger partial charge in [-0.1, -0.05) is 126 Å². The van der Waals surface area contributed by atoms with E-state index in [1.165, 1.54) is 43.7 Å². The van der Waals surface area contributed by atoms with Gasteiger partial charge < -0.3 is 5.32 Å². The largest absolute Gasteiger partial charge is 0.339 e. The zero-order valence-corrected chi connectivity index (χ0v) is 27.7. The van der Waals surface area contributed by atoms with E-state index in [0.29, 0.717) is 0 Å². The van der Waals surface area contributed by atoms with Crippen LogP contribution in [0.15, 0.2) is 133 Å². The first-order chi connectivity index (χ1) is 20.6. The maximum Gasteiger partial charge on any atom is 0.116 e. The number of hydrogen-bond acceptors (Lipinski definition) is 0. The Morgan fingerprint density at radius 3 is 1.21 bits per heavy atom. The number of nitrogens with two attached hydrogens (primary N) is 1. The van der Waals surface area contributed by atoms with Gasteiger partial charge in [-0.15, -0.1) is 0 Å². The average molecular weight is 586 g/mol. The minimum absolute atomic E-state index is 0.142. The lowest BCUT2D eigenvalue weighted by atomic mass is 9.79. The van der Waals surface area contributed by atoms with Crippen LogP contribution in [0.25, 0.3) is 0 Å². The highest BCUT2D eigenvalue weighted by molar-refractivity contribution is 7.95. The van der Waals surface area contributed by atoms with Gasteiger partial charge in [0.2, 0.25) is 0 Å². The molecule has 0 atom stereocenters. The van der Waals surface area contributed by atoms with Crippen LogP contribution < -0.4 is 21.2 Å². The topological polar surface area (TPSA) is 16.6 Å². The molecule has 0 aliphatic heterocycles. The molecule has 0 spiro atoms. The quantitative estimate of drug-likeness (QED) is 0.169. The van der Waals surface area contributed by atoms with Crippen LogP contribution >= 0.6 is 7.26 Å². The lowest BCUT2D eigenvalue weighted by Crippen LogP contribution is -2.80. The Kier molecular flexibility index (Phi) is 9.36. The molecule has 220 valence electrons. The lowest BCUT2D eigenvalue weighted by Gasteiger charge is -2.28. The summed E-state index contributed by atoms with van der Waals surface area (Å²) in [6, 6.07) is 50.2. The van der Waals surface area contributed by atoms with Crippen molar-refractivity contribution in [3.8, 4) is 0 Å². The Balaban J connectivity index is 1.38. The molecule has 0 aliphatic rings. The average Bonchev–Trinajstić information content (AvgIpc) is 3.01. The van der Waals surface area contributed by atoms with E-state index >= 15 is 0 Å². The third-order valence-electron chi connectivity index (χ3n) is 8.52. The summed E-state index contributed by atoms with van der Waals surface area (Å²) in [5, 5.41) is 6.73. The second kappa shape index (κ2) is 13.0. The van der Waals surface area contributed by atoms with E-state index < -0.39 is 7.26 Å². The second-order valence-electron chi connectivity index (χ2n) is 13.9. The summed E-state index contributed by atoms with van der Waals surface area (Å²) in [5.41, 5.74) is 7.31. The van der Waals surface area contributed by atoms with Gasteiger partial charge in [0.15, 0.2) is 0 Å². The van der Waals surface area contributed by atoms with Crippen LogP contribution in [0.5, 0.6) is 0 Å². The van der Waals surface area contributed by atoms with Crippen LogP contribution in [0.2, 0.25) is 0 Å². The third-order valence-corrected chi connectivity index (χ3v) is 12.9. The molecule has 0 unspecified atom stereocenters. The van der Waals surface area contributed by atoms with E-state index in [2.05, 4.69) is 180 Å². The molecular formula is C41H48NP+2. The SMILES string of the molecule is CC(C)(C)c1cc(C[NH2+]Cc2ccc(C[P+](c3ccccc3)(c3ccccc3)c3ccccc3)cc2)cc(C(C)(C)C)c1. The molecule has 0 amide bonds. The number of quaternary nitrogens is 1. The molecule has 0 aromatic heterocycles. The summed E-state index contributed by atoms with van der Waals surface area (Å²) in [6.45, 7) is 15.8. The molecule has 0 fully saturated rings. The van der Waals surface area contributed by atoms with Crippen molar-refractivity contribution in [2.45, 2.75) is 71.6 Å². The fourth-order valence-electron chi connectivity index (χ4n) is 5.90. The van der Waals surface area contributed by atoms with Crippen LogP contribution in [0.1, 0.15) is 69.4 Å². The Morgan fingerprint density at radius 1 is 0.442 bits per heavy atom. The predicted octanol–water partition coefficient (Wildman–Crippen LogP) is 8.04. The first kappa shape index (κ1) is 30.9. The molecular weight excluding hydrogens is 537 g/mol. The van der Waals surface area contributed by atoms with Gasteiger partial charge in [-0.2, -0.15) is 0 Å². The monoisotopic (exact) mass is 585 g/mol. The zero-order chi connectivity index (χ0) is 30.5. The number of hydrogen-bond donors (Lipinski definition) is 1. The van der Waals surface area contributed by atoms with Crippen molar-refractivity contribution in [2.75, 3.05) is 0 Å². The van der Waals surface area contributed by atoms with Gasteiger partial charge in [0.1, 0.15) is 36.3 Å². The van der Waals surface area contributed by atoms with Gasteiger partial charge >= 0.3 is 0 Å². The first-order valence-corrected chi connectivity index (χ1v) is 17.6. The molecule has 43 heavy (non-hydrogen) atoms. The van der Waals surface area contributed by atoms with Crippen LogP contribution in [0.4, 0.5) is 0 Å². The molecule has 5 aromatic rings. The van der Waals surface area contributed by atoms with Crippen LogP contribution in [0.3, 0.4) is 0 Å².